The van der Waals surface area contributed by atoms with Gasteiger partial charge in [0.1, 0.15) is 6.61 Å². The summed E-state index contributed by atoms with van der Waals surface area (Å²) in [5.74, 6) is 0. The second-order valence-corrected chi connectivity index (χ2v) is 5.15. The Labute approximate surface area is 109 Å². The second-order valence-electron chi connectivity index (χ2n) is 5.15. The Morgan fingerprint density at radius 1 is 1.39 bits per heavy atom. The Kier molecular flexibility index (Phi) is 6.46. The Morgan fingerprint density at radius 2 is 2.06 bits per heavy atom. The predicted molar refractivity (Wildman–Crippen MR) is 69.2 cm³/mol. The van der Waals surface area contributed by atoms with E-state index in [1.54, 1.807) is 0 Å². The highest BCUT2D eigenvalue weighted by Crippen LogP contribution is 2.22. The number of rotatable bonds is 7. The number of hydrogen-bond acceptors (Lipinski definition) is 3. The quantitative estimate of drug-likeness (QED) is 0.713. The number of piperazine rings is 1. The van der Waals surface area contributed by atoms with Crippen molar-refractivity contribution < 1.29 is 13.5 Å². The minimum Gasteiger partial charge on any atom is -0.374 e. The molecule has 1 aliphatic rings. The second kappa shape index (κ2) is 7.36. The summed E-state index contributed by atoms with van der Waals surface area (Å²) in [6, 6.07) is 0.436. The first kappa shape index (κ1) is 15.8. The van der Waals surface area contributed by atoms with Crippen LogP contribution in [0.4, 0.5) is 8.78 Å². The van der Waals surface area contributed by atoms with Crippen molar-refractivity contribution in [2.75, 3.05) is 32.8 Å². The average Bonchev–Trinajstić information content (AvgIpc) is 2.37. The smallest absolute Gasteiger partial charge is 0.261 e. The predicted octanol–water partition coefficient (Wildman–Crippen LogP) is 2.12. The molecule has 1 saturated heterocycles. The van der Waals surface area contributed by atoms with E-state index in [2.05, 4.69) is 31.0 Å². The van der Waals surface area contributed by atoms with Crippen LogP contribution in [0.2, 0.25) is 0 Å². The van der Waals surface area contributed by atoms with Gasteiger partial charge in [-0.2, -0.15) is 0 Å². The molecule has 18 heavy (non-hydrogen) atoms. The van der Waals surface area contributed by atoms with Crippen LogP contribution in [0.15, 0.2) is 0 Å². The highest BCUT2D eigenvalue weighted by atomic mass is 19.3. The van der Waals surface area contributed by atoms with E-state index in [4.69, 9.17) is 4.74 Å². The molecule has 0 aliphatic carbocycles. The Balaban J connectivity index is 2.37. The van der Waals surface area contributed by atoms with Gasteiger partial charge in [0.05, 0.1) is 6.61 Å². The maximum Gasteiger partial charge on any atom is 0.261 e. The van der Waals surface area contributed by atoms with Crippen molar-refractivity contribution in [3.8, 4) is 0 Å². The van der Waals surface area contributed by atoms with Crippen molar-refractivity contribution >= 4 is 0 Å². The van der Waals surface area contributed by atoms with Crippen LogP contribution in [0.1, 0.15) is 33.6 Å². The fraction of sp³-hybridized carbons (Fsp3) is 1.00. The van der Waals surface area contributed by atoms with Gasteiger partial charge in [0.25, 0.3) is 6.43 Å². The van der Waals surface area contributed by atoms with Gasteiger partial charge < -0.3 is 10.1 Å². The van der Waals surface area contributed by atoms with Gasteiger partial charge in [-0.3, -0.25) is 4.90 Å². The van der Waals surface area contributed by atoms with E-state index in [0.29, 0.717) is 12.6 Å². The highest BCUT2D eigenvalue weighted by molar-refractivity contribution is 4.95. The summed E-state index contributed by atoms with van der Waals surface area (Å²) >= 11 is 0. The summed E-state index contributed by atoms with van der Waals surface area (Å²) in [6.45, 7) is 9.14. The lowest BCUT2D eigenvalue weighted by atomic mass is 9.89. The fourth-order valence-corrected chi connectivity index (χ4v) is 2.47. The average molecular weight is 264 g/mol. The van der Waals surface area contributed by atoms with Gasteiger partial charge in [-0.25, -0.2) is 8.78 Å². The molecule has 1 N–H and O–H groups in total. The lowest BCUT2D eigenvalue weighted by Gasteiger charge is -2.46. The van der Waals surface area contributed by atoms with E-state index < -0.39 is 13.0 Å². The number of hydrogen-bond donors (Lipinski definition) is 1. The molecule has 1 atom stereocenters. The fourth-order valence-electron chi connectivity index (χ4n) is 2.47. The first-order valence-corrected chi connectivity index (χ1v) is 6.88. The molecule has 0 amide bonds. The third-order valence-electron chi connectivity index (χ3n) is 4.02. The standard InChI is InChI=1S/C13H26F2N2O/c1-4-13(5-2)10-17(11(3)8-16-13)6-7-18-9-12(14)15/h11-12,16H,4-10H2,1-3H3. The summed E-state index contributed by atoms with van der Waals surface area (Å²) in [5, 5.41) is 3.62. The lowest BCUT2D eigenvalue weighted by molar-refractivity contribution is -0.00388. The molecule has 0 radical (unpaired) electrons. The molecule has 108 valence electrons. The van der Waals surface area contributed by atoms with Crippen LogP contribution >= 0.6 is 0 Å². The molecule has 5 heteroatoms. The van der Waals surface area contributed by atoms with Crippen LogP contribution in [0, 0.1) is 0 Å². The number of halogens is 2. The van der Waals surface area contributed by atoms with Crippen LogP contribution in [0.3, 0.4) is 0 Å². The third kappa shape index (κ3) is 4.44. The van der Waals surface area contributed by atoms with Crippen molar-refractivity contribution in [1.82, 2.24) is 10.2 Å². The highest BCUT2D eigenvalue weighted by Gasteiger charge is 2.34. The molecule has 1 fully saturated rings. The van der Waals surface area contributed by atoms with Gasteiger partial charge in [-0.1, -0.05) is 13.8 Å². The summed E-state index contributed by atoms with van der Waals surface area (Å²) in [7, 11) is 0. The molecular weight excluding hydrogens is 238 g/mol. The Hall–Kier alpha value is -0.260. The molecule has 1 rings (SSSR count). The van der Waals surface area contributed by atoms with E-state index in [9.17, 15) is 8.78 Å². The zero-order chi connectivity index (χ0) is 13.6. The monoisotopic (exact) mass is 264 g/mol. The van der Waals surface area contributed by atoms with E-state index in [-0.39, 0.29) is 5.54 Å². The van der Waals surface area contributed by atoms with Crippen molar-refractivity contribution in [3.63, 3.8) is 0 Å². The van der Waals surface area contributed by atoms with Gasteiger partial charge >= 0.3 is 0 Å². The molecule has 1 unspecified atom stereocenters. The van der Waals surface area contributed by atoms with E-state index in [1.165, 1.54) is 0 Å². The van der Waals surface area contributed by atoms with Gasteiger partial charge in [-0.05, 0) is 19.8 Å². The van der Waals surface area contributed by atoms with Crippen molar-refractivity contribution in [2.24, 2.45) is 0 Å². The summed E-state index contributed by atoms with van der Waals surface area (Å²) in [6.07, 6.45) is -0.189. The van der Waals surface area contributed by atoms with E-state index >= 15 is 0 Å². The Bertz CT molecular complexity index is 235. The zero-order valence-electron chi connectivity index (χ0n) is 11.7. The van der Waals surface area contributed by atoms with Gasteiger partial charge in [0.2, 0.25) is 0 Å². The topological polar surface area (TPSA) is 24.5 Å². The summed E-state index contributed by atoms with van der Waals surface area (Å²) < 4.78 is 28.9. The molecule has 0 aromatic carbocycles. The van der Waals surface area contributed by atoms with E-state index in [0.717, 1.165) is 32.5 Å². The number of nitrogens with zero attached hydrogens (tertiary/aromatic N) is 1. The van der Waals surface area contributed by atoms with Gasteiger partial charge in [-0.15, -0.1) is 0 Å². The first-order chi connectivity index (χ1) is 8.53. The first-order valence-electron chi connectivity index (χ1n) is 6.88. The number of nitrogens with one attached hydrogen (secondary N) is 1. The Morgan fingerprint density at radius 3 is 2.61 bits per heavy atom. The molecule has 1 aliphatic heterocycles. The normalized spacial score (nSPS) is 24.7. The molecule has 0 aromatic heterocycles. The van der Waals surface area contributed by atoms with Crippen LogP contribution in [0.5, 0.6) is 0 Å². The third-order valence-corrected chi connectivity index (χ3v) is 4.02. The molecular formula is C13H26F2N2O. The minimum atomic E-state index is -2.36. The largest absolute Gasteiger partial charge is 0.374 e. The lowest BCUT2D eigenvalue weighted by Crippen LogP contribution is -2.63. The zero-order valence-corrected chi connectivity index (χ0v) is 11.7. The van der Waals surface area contributed by atoms with Crippen LogP contribution in [-0.4, -0.2) is 55.8 Å². The van der Waals surface area contributed by atoms with Crippen molar-refractivity contribution in [3.05, 3.63) is 0 Å². The summed E-state index contributed by atoms with van der Waals surface area (Å²) in [5.41, 5.74) is 0.176. The van der Waals surface area contributed by atoms with E-state index in [1.807, 2.05) is 0 Å². The van der Waals surface area contributed by atoms with Gasteiger partial charge in [0.15, 0.2) is 0 Å². The molecule has 0 aromatic rings. The minimum absolute atomic E-state index is 0.176. The molecule has 0 saturated carbocycles. The maximum atomic E-state index is 12.0. The van der Waals surface area contributed by atoms with Crippen LogP contribution in [0.25, 0.3) is 0 Å². The number of ether oxygens (including phenoxy) is 1. The van der Waals surface area contributed by atoms with Crippen molar-refractivity contribution in [1.29, 1.82) is 0 Å². The molecule has 0 bridgehead atoms. The number of alkyl halides is 2. The SMILES string of the molecule is CCC1(CC)CN(CCOCC(F)F)C(C)CN1. The summed E-state index contributed by atoms with van der Waals surface area (Å²) in [4.78, 5) is 2.34. The van der Waals surface area contributed by atoms with Crippen LogP contribution < -0.4 is 5.32 Å². The maximum absolute atomic E-state index is 12.0. The molecule has 1 heterocycles. The molecule has 0 spiro atoms. The molecule has 3 nitrogen and oxygen atoms in total. The van der Waals surface area contributed by atoms with Gasteiger partial charge in [0, 0.05) is 31.2 Å². The van der Waals surface area contributed by atoms with Crippen LogP contribution in [-0.2, 0) is 4.74 Å². The van der Waals surface area contributed by atoms with Crippen molar-refractivity contribution in [2.45, 2.75) is 51.6 Å².